The number of halogens is 1. The summed E-state index contributed by atoms with van der Waals surface area (Å²) in [7, 11) is 1.57. The number of nitrogens with one attached hydrogen (secondary N) is 1. The maximum Gasteiger partial charge on any atom is 0.275 e. The van der Waals surface area contributed by atoms with Gasteiger partial charge in [0.25, 0.3) is 5.69 Å². The van der Waals surface area contributed by atoms with Gasteiger partial charge in [-0.25, -0.2) is 0 Å². The van der Waals surface area contributed by atoms with E-state index in [2.05, 4.69) is 17.5 Å². The average Bonchev–Trinajstić information content (AvgIpc) is 3.10. The Labute approximate surface area is 150 Å². The lowest BCUT2D eigenvalue weighted by molar-refractivity contribution is -0.385. The van der Waals surface area contributed by atoms with E-state index in [0.29, 0.717) is 22.0 Å². The molecule has 0 saturated carbocycles. The zero-order valence-electron chi connectivity index (χ0n) is 13.6. The van der Waals surface area contributed by atoms with Gasteiger partial charge < -0.3 is 10.1 Å². The van der Waals surface area contributed by atoms with Crippen LogP contribution in [0.3, 0.4) is 0 Å². The van der Waals surface area contributed by atoms with E-state index in [1.807, 2.05) is 24.3 Å². The van der Waals surface area contributed by atoms with Crippen LogP contribution in [-0.4, -0.2) is 12.0 Å². The van der Waals surface area contributed by atoms with Gasteiger partial charge in [-0.1, -0.05) is 42.0 Å². The Morgan fingerprint density at radius 2 is 2.08 bits per heavy atom. The van der Waals surface area contributed by atoms with Gasteiger partial charge in [0.05, 0.1) is 29.3 Å². The third-order valence-corrected chi connectivity index (χ3v) is 5.46. The van der Waals surface area contributed by atoms with Gasteiger partial charge in [0.1, 0.15) is 5.75 Å². The van der Waals surface area contributed by atoms with Crippen LogP contribution in [0.5, 0.6) is 5.75 Å². The molecule has 0 amide bonds. The van der Waals surface area contributed by atoms with Gasteiger partial charge in [0, 0.05) is 17.0 Å². The Bertz CT molecular complexity index is 881. The summed E-state index contributed by atoms with van der Waals surface area (Å²) in [5.41, 5.74) is 2.52. The zero-order valence-corrected chi connectivity index (χ0v) is 14.4. The van der Waals surface area contributed by atoms with Crippen LogP contribution in [0.15, 0.2) is 48.6 Å². The lowest BCUT2D eigenvalue weighted by Gasteiger charge is -2.38. The number of rotatable bonds is 3. The largest absolute Gasteiger partial charge is 0.495 e. The molecule has 1 aliphatic heterocycles. The fraction of sp³-hybridized carbons (Fsp3) is 0.263. The monoisotopic (exact) mass is 356 g/mol. The summed E-state index contributed by atoms with van der Waals surface area (Å²) in [6.07, 6.45) is 5.02. The third-order valence-electron chi connectivity index (χ3n) is 5.12. The minimum atomic E-state index is -0.320. The summed E-state index contributed by atoms with van der Waals surface area (Å²) < 4.78 is 5.47. The molecule has 1 heterocycles. The number of methoxy groups -OCH3 is 1. The highest BCUT2D eigenvalue weighted by molar-refractivity contribution is 6.31. The molecular weight excluding hydrogens is 340 g/mol. The van der Waals surface area contributed by atoms with E-state index in [1.54, 1.807) is 13.2 Å². The number of fused-ring (bicyclic) bond motifs is 3. The van der Waals surface area contributed by atoms with Crippen molar-refractivity contribution in [2.75, 3.05) is 12.4 Å². The van der Waals surface area contributed by atoms with Crippen molar-refractivity contribution in [1.82, 2.24) is 0 Å². The quantitative estimate of drug-likeness (QED) is 0.473. The number of hydrogen-bond acceptors (Lipinski definition) is 4. The number of nitro benzene ring substituents is 1. The Kier molecular flexibility index (Phi) is 3.88. The van der Waals surface area contributed by atoms with Gasteiger partial charge in [-0.05, 0) is 30.0 Å². The Morgan fingerprint density at radius 1 is 1.28 bits per heavy atom. The van der Waals surface area contributed by atoms with Crippen LogP contribution in [0.2, 0.25) is 5.02 Å². The van der Waals surface area contributed by atoms with Crippen LogP contribution in [0.4, 0.5) is 11.4 Å². The molecule has 0 radical (unpaired) electrons. The Morgan fingerprint density at radius 3 is 2.80 bits per heavy atom. The van der Waals surface area contributed by atoms with Crippen LogP contribution < -0.4 is 10.1 Å². The van der Waals surface area contributed by atoms with Gasteiger partial charge >= 0.3 is 0 Å². The minimum Gasteiger partial charge on any atom is -0.495 e. The van der Waals surface area contributed by atoms with Crippen molar-refractivity contribution in [2.24, 2.45) is 5.92 Å². The van der Waals surface area contributed by atoms with Crippen molar-refractivity contribution >= 4 is 23.0 Å². The maximum absolute atomic E-state index is 11.6. The van der Waals surface area contributed by atoms with Crippen molar-refractivity contribution in [3.05, 3.63) is 74.8 Å². The standard InChI is InChI=1S/C19H17ClN2O3/c1-25-16-10-9-15(22(23)24)17-11-6-4-7-12(11)18(21-19(16)17)13-5-2-3-8-14(13)20/h2-6,8-12,18,21H,7H2,1H3. The molecule has 0 bridgehead atoms. The highest BCUT2D eigenvalue weighted by atomic mass is 35.5. The lowest BCUT2D eigenvalue weighted by Crippen LogP contribution is -2.30. The predicted molar refractivity (Wildman–Crippen MR) is 97.5 cm³/mol. The number of nitrogens with zero attached hydrogens (tertiary/aromatic N) is 1. The van der Waals surface area contributed by atoms with Crippen LogP contribution in [0, 0.1) is 16.0 Å². The fourth-order valence-corrected chi connectivity index (χ4v) is 4.28. The number of hydrogen-bond donors (Lipinski definition) is 1. The number of benzene rings is 2. The van der Waals surface area contributed by atoms with Gasteiger partial charge in [-0.2, -0.15) is 0 Å². The van der Waals surface area contributed by atoms with Crippen LogP contribution in [0.25, 0.3) is 0 Å². The van der Waals surface area contributed by atoms with Gasteiger partial charge in [0.2, 0.25) is 0 Å². The molecule has 25 heavy (non-hydrogen) atoms. The minimum absolute atomic E-state index is 0.0305. The first-order valence-electron chi connectivity index (χ1n) is 8.14. The second-order valence-corrected chi connectivity index (χ2v) is 6.74. The second kappa shape index (κ2) is 6.08. The lowest BCUT2D eigenvalue weighted by atomic mass is 9.76. The first kappa shape index (κ1) is 16.0. The smallest absolute Gasteiger partial charge is 0.275 e. The molecule has 4 rings (SSSR count). The molecule has 6 heteroatoms. The molecule has 1 aliphatic carbocycles. The molecule has 3 unspecified atom stereocenters. The molecular formula is C19H17ClN2O3. The van der Waals surface area contributed by atoms with E-state index in [-0.39, 0.29) is 28.5 Å². The third kappa shape index (κ3) is 2.46. The van der Waals surface area contributed by atoms with Crippen molar-refractivity contribution in [3.63, 3.8) is 0 Å². The molecule has 2 aromatic rings. The summed E-state index contributed by atoms with van der Waals surface area (Å²) in [5.74, 6) is 0.752. The van der Waals surface area contributed by atoms with E-state index in [4.69, 9.17) is 16.3 Å². The van der Waals surface area contributed by atoms with Crippen molar-refractivity contribution in [3.8, 4) is 5.75 Å². The zero-order chi connectivity index (χ0) is 17.6. The van der Waals surface area contributed by atoms with Crippen molar-refractivity contribution in [2.45, 2.75) is 18.4 Å². The first-order valence-corrected chi connectivity index (χ1v) is 8.52. The average molecular weight is 357 g/mol. The summed E-state index contributed by atoms with van der Waals surface area (Å²) in [4.78, 5) is 11.2. The molecule has 2 aromatic carbocycles. The molecule has 5 nitrogen and oxygen atoms in total. The van der Waals surface area contributed by atoms with E-state index in [0.717, 1.165) is 12.0 Å². The van der Waals surface area contributed by atoms with E-state index in [9.17, 15) is 10.1 Å². The van der Waals surface area contributed by atoms with Crippen LogP contribution in [-0.2, 0) is 0 Å². The predicted octanol–water partition coefficient (Wildman–Crippen LogP) is 5.08. The molecule has 2 aliphatic rings. The summed E-state index contributed by atoms with van der Waals surface area (Å²) in [5, 5.41) is 15.7. The molecule has 3 atom stereocenters. The number of anilines is 1. The topological polar surface area (TPSA) is 64.4 Å². The summed E-state index contributed by atoms with van der Waals surface area (Å²) in [6.45, 7) is 0. The summed E-state index contributed by atoms with van der Waals surface area (Å²) >= 11 is 6.43. The van der Waals surface area contributed by atoms with Crippen molar-refractivity contribution < 1.29 is 9.66 Å². The normalized spacial score (nSPS) is 23.5. The van der Waals surface area contributed by atoms with Crippen molar-refractivity contribution in [1.29, 1.82) is 0 Å². The van der Waals surface area contributed by atoms with Gasteiger partial charge in [-0.15, -0.1) is 0 Å². The fourth-order valence-electron chi connectivity index (χ4n) is 4.03. The molecule has 0 aromatic heterocycles. The highest BCUT2D eigenvalue weighted by Gasteiger charge is 2.43. The van der Waals surface area contributed by atoms with E-state index >= 15 is 0 Å². The molecule has 0 spiro atoms. The first-order chi connectivity index (χ1) is 12.1. The van der Waals surface area contributed by atoms with Gasteiger partial charge in [0.15, 0.2) is 0 Å². The Hall–Kier alpha value is -2.53. The van der Waals surface area contributed by atoms with Crippen LogP contribution in [0.1, 0.15) is 29.5 Å². The molecule has 0 saturated heterocycles. The molecule has 128 valence electrons. The molecule has 0 fully saturated rings. The highest BCUT2D eigenvalue weighted by Crippen LogP contribution is 2.55. The SMILES string of the molecule is COc1ccc([N+](=O)[O-])c2c1NC(c1ccccc1Cl)C1CC=CC21. The molecule has 1 N–H and O–H groups in total. The van der Waals surface area contributed by atoms with Crippen LogP contribution >= 0.6 is 11.6 Å². The van der Waals surface area contributed by atoms with Gasteiger partial charge in [-0.3, -0.25) is 10.1 Å². The van der Waals surface area contributed by atoms with E-state index < -0.39 is 0 Å². The van der Waals surface area contributed by atoms with E-state index in [1.165, 1.54) is 6.07 Å². The Balaban J connectivity index is 1.91. The number of nitro groups is 1. The number of allylic oxidation sites excluding steroid dienone is 2. The maximum atomic E-state index is 11.6. The number of ether oxygens (including phenoxy) is 1. The summed E-state index contributed by atoms with van der Waals surface area (Å²) in [6, 6.07) is 10.9. The second-order valence-electron chi connectivity index (χ2n) is 6.33.